The van der Waals surface area contributed by atoms with E-state index in [1.165, 1.54) is 6.42 Å². The van der Waals surface area contributed by atoms with Crippen LogP contribution in [0.1, 0.15) is 79.3 Å². The number of rotatable bonds is 4. The second kappa shape index (κ2) is 9.20. The highest BCUT2D eigenvalue weighted by molar-refractivity contribution is 5.95. The van der Waals surface area contributed by atoms with E-state index in [4.69, 9.17) is 4.98 Å². The maximum atomic E-state index is 12.9. The molecular weight excluding hydrogens is 366 g/mol. The lowest BCUT2D eigenvalue weighted by Gasteiger charge is -2.35. The monoisotopic (exact) mass is 399 g/mol. The summed E-state index contributed by atoms with van der Waals surface area (Å²) in [4.78, 5) is 41.0. The van der Waals surface area contributed by atoms with E-state index in [-0.39, 0.29) is 17.9 Å². The van der Waals surface area contributed by atoms with Crippen LogP contribution in [-0.2, 0) is 4.79 Å². The molecule has 0 aliphatic carbocycles. The Balaban J connectivity index is 1.47. The van der Waals surface area contributed by atoms with Crippen LogP contribution < -0.4 is 0 Å². The van der Waals surface area contributed by atoms with Gasteiger partial charge in [0.2, 0.25) is 5.91 Å². The van der Waals surface area contributed by atoms with Crippen molar-refractivity contribution in [1.29, 1.82) is 0 Å². The highest BCUT2D eigenvalue weighted by atomic mass is 16.2. The quantitative estimate of drug-likeness (QED) is 0.778. The third-order valence-electron chi connectivity index (χ3n) is 6.58. The minimum atomic E-state index is 0.0541. The fraction of sp³-hybridized carbons (Fsp3) is 0.727. The van der Waals surface area contributed by atoms with Gasteiger partial charge in [0, 0.05) is 32.4 Å². The van der Waals surface area contributed by atoms with Gasteiger partial charge in [-0.15, -0.1) is 0 Å². The number of carbonyl (C=O) groups is 2. The zero-order valence-corrected chi connectivity index (χ0v) is 17.6. The molecule has 1 atom stereocenters. The van der Waals surface area contributed by atoms with Crippen LogP contribution in [0.5, 0.6) is 0 Å². The van der Waals surface area contributed by atoms with Gasteiger partial charge in [0.1, 0.15) is 5.82 Å². The molecule has 7 heteroatoms. The Morgan fingerprint density at radius 2 is 1.59 bits per heavy atom. The summed E-state index contributed by atoms with van der Waals surface area (Å²) in [6.07, 6.45) is 10.5. The Morgan fingerprint density at radius 1 is 0.931 bits per heavy atom. The number of hydrogen-bond acceptors (Lipinski definition) is 5. The number of amides is 2. The third-order valence-corrected chi connectivity index (χ3v) is 6.58. The number of carbonyl (C=O) groups excluding carboxylic acids is 2. The molecule has 0 aromatic carbocycles. The number of likely N-dealkylation sites (tertiary alicyclic amines) is 3. The molecule has 3 saturated heterocycles. The van der Waals surface area contributed by atoms with E-state index < -0.39 is 0 Å². The molecule has 0 radical (unpaired) electrons. The molecule has 1 aromatic rings. The van der Waals surface area contributed by atoms with Crippen molar-refractivity contribution in [2.45, 2.75) is 64.3 Å². The molecular formula is C22H33N5O2. The lowest BCUT2D eigenvalue weighted by Crippen LogP contribution is -2.43. The van der Waals surface area contributed by atoms with E-state index in [0.717, 1.165) is 89.2 Å². The van der Waals surface area contributed by atoms with Gasteiger partial charge in [-0.05, 0) is 58.4 Å². The van der Waals surface area contributed by atoms with Crippen molar-refractivity contribution < 1.29 is 9.59 Å². The molecule has 0 N–H and O–H groups in total. The van der Waals surface area contributed by atoms with Crippen molar-refractivity contribution in [3.8, 4) is 0 Å². The van der Waals surface area contributed by atoms with Gasteiger partial charge in [-0.3, -0.25) is 14.5 Å². The Morgan fingerprint density at radius 3 is 2.31 bits per heavy atom. The minimum Gasteiger partial charge on any atom is -0.342 e. The summed E-state index contributed by atoms with van der Waals surface area (Å²) in [5.41, 5.74) is 1.37. The molecule has 1 aromatic heterocycles. The molecule has 2 amide bonds. The molecule has 158 valence electrons. The Bertz CT molecular complexity index is 741. The summed E-state index contributed by atoms with van der Waals surface area (Å²) >= 11 is 0. The zero-order valence-electron chi connectivity index (χ0n) is 17.6. The highest BCUT2D eigenvalue weighted by Gasteiger charge is 2.30. The number of aromatic nitrogens is 2. The maximum absolute atomic E-state index is 12.9. The molecule has 7 nitrogen and oxygen atoms in total. The Hall–Kier alpha value is -2.02. The molecule has 4 heterocycles. The van der Waals surface area contributed by atoms with E-state index in [1.54, 1.807) is 6.20 Å². The largest absolute Gasteiger partial charge is 0.342 e. The van der Waals surface area contributed by atoms with Gasteiger partial charge in [-0.1, -0.05) is 6.42 Å². The third kappa shape index (κ3) is 4.60. The topological polar surface area (TPSA) is 69.6 Å². The van der Waals surface area contributed by atoms with Crippen LogP contribution in [0.3, 0.4) is 0 Å². The summed E-state index contributed by atoms with van der Waals surface area (Å²) in [6.45, 7) is 6.69. The minimum absolute atomic E-state index is 0.0541. The fourth-order valence-electron chi connectivity index (χ4n) is 4.84. The summed E-state index contributed by atoms with van der Waals surface area (Å²) in [7, 11) is 0. The van der Waals surface area contributed by atoms with E-state index in [1.807, 2.05) is 16.7 Å². The van der Waals surface area contributed by atoms with Crippen LogP contribution in [0.25, 0.3) is 0 Å². The van der Waals surface area contributed by atoms with E-state index >= 15 is 0 Å². The summed E-state index contributed by atoms with van der Waals surface area (Å²) in [6, 6.07) is 0.0631. The van der Waals surface area contributed by atoms with E-state index in [2.05, 4.69) is 9.88 Å². The van der Waals surface area contributed by atoms with E-state index in [0.29, 0.717) is 12.1 Å². The molecule has 4 rings (SSSR count). The van der Waals surface area contributed by atoms with Gasteiger partial charge >= 0.3 is 0 Å². The zero-order chi connectivity index (χ0) is 20.2. The van der Waals surface area contributed by atoms with Crippen molar-refractivity contribution in [2.75, 3.05) is 39.3 Å². The van der Waals surface area contributed by atoms with Gasteiger partial charge in [0.05, 0.1) is 23.8 Å². The van der Waals surface area contributed by atoms with Crippen LogP contribution in [-0.4, -0.2) is 75.8 Å². The van der Waals surface area contributed by atoms with Crippen molar-refractivity contribution in [1.82, 2.24) is 24.7 Å². The number of hydrogen-bond donors (Lipinski definition) is 0. The average molecular weight is 400 g/mol. The van der Waals surface area contributed by atoms with Crippen molar-refractivity contribution in [3.63, 3.8) is 0 Å². The summed E-state index contributed by atoms with van der Waals surface area (Å²) < 4.78 is 0. The summed E-state index contributed by atoms with van der Waals surface area (Å²) in [5, 5.41) is 0. The number of aryl methyl sites for hydroxylation is 1. The van der Waals surface area contributed by atoms with Crippen molar-refractivity contribution in [3.05, 3.63) is 23.3 Å². The molecule has 0 spiro atoms. The Labute approximate surface area is 173 Å². The Kier molecular flexibility index (Phi) is 6.43. The van der Waals surface area contributed by atoms with Crippen LogP contribution in [0.15, 0.2) is 6.20 Å². The maximum Gasteiger partial charge on any atom is 0.257 e. The van der Waals surface area contributed by atoms with Crippen LogP contribution in [0.2, 0.25) is 0 Å². The molecule has 29 heavy (non-hydrogen) atoms. The van der Waals surface area contributed by atoms with Gasteiger partial charge in [0.25, 0.3) is 5.91 Å². The number of nitrogens with zero attached hydrogens (tertiary/aromatic N) is 5. The normalized spacial score (nSPS) is 23.4. The standard InChI is InChI=1S/C22H33N5O2/c1-17-18(22(29)26-12-4-2-5-13-26)15-23-21(24-17)19-9-3-6-14-27(19)16-20(28)25-10-7-8-11-25/h15,19H,2-14,16H2,1H3. The molecule has 3 aliphatic heterocycles. The first-order chi connectivity index (χ1) is 14.1. The van der Waals surface area contributed by atoms with Gasteiger partial charge in [-0.25, -0.2) is 9.97 Å². The first-order valence-electron chi connectivity index (χ1n) is 11.3. The summed E-state index contributed by atoms with van der Waals surface area (Å²) in [5.74, 6) is 1.04. The lowest BCUT2D eigenvalue weighted by molar-refractivity contribution is -0.132. The number of piperidine rings is 2. The SMILES string of the molecule is Cc1nc(C2CCCCN2CC(=O)N2CCCC2)ncc1C(=O)N1CCCCC1. The van der Waals surface area contributed by atoms with Gasteiger partial charge in [-0.2, -0.15) is 0 Å². The fourth-order valence-corrected chi connectivity index (χ4v) is 4.84. The second-order valence-corrected chi connectivity index (χ2v) is 8.65. The van der Waals surface area contributed by atoms with Crippen molar-refractivity contribution in [2.24, 2.45) is 0 Å². The first-order valence-corrected chi connectivity index (χ1v) is 11.3. The average Bonchev–Trinajstić information content (AvgIpc) is 3.29. The molecule has 0 saturated carbocycles. The molecule has 3 fully saturated rings. The van der Waals surface area contributed by atoms with Crippen LogP contribution in [0, 0.1) is 6.92 Å². The predicted molar refractivity (Wildman–Crippen MR) is 111 cm³/mol. The van der Waals surface area contributed by atoms with Crippen LogP contribution >= 0.6 is 0 Å². The first kappa shape index (κ1) is 20.3. The predicted octanol–water partition coefficient (Wildman–Crippen LogP) is 2.56. The van der Waals surface area contributed by atoms with Gasteiger partial charge in [0.15, 0.2) is 0 Å². The molecule has 1 unspecified atom stereocenters. The van der Waals surface area contributed by atoms with E-state index in [9.17, 15) is 9.59 Å². The molecule has 3 aliphatic rings. The molecule has 0 bridgehead atoms. The lowest BCUT2D eigenvalue weighted by atomic mass is 10.0. The highest BCUT2D eigenvalue weighted by Crippen LogP contribution is 2.29. The smallest absolute Gasteiger partial charge is 0.257 e. The second-order valence-electron chi connectivity index (χ2n) is 8.65. The van der Waals surface area contributed by atoms with Crippen LogP contribution in [0.4, 0.5) is 0 Å². The van der Waals surface area contributed by atoms with Crippen molar-refractivity contribution >= 4 is 11.8 Å². The van der Waals surface area contributed by atoms with Gasteiger partial charge < -0.3 is 9.80 Å².